The summed E-state index contributed by atoms with van der Waals surface area (Å²) >= 11 is 0. The number of ether oxygens (including phenoxy) is 4. The lowest BCUT2D eigenvalue weighted by atomic mass is 10.1. The summed E-state index contributed by atoms with van der Waals surface area (Å²) in [6.07, 6.45) is 0. The van der Waals surface area contributed by atoms with Crippen LogP contribution in [0.2, 0.25) is 0 Å². The molecule has 26 heavy (non-hydrogen) atoms. The third kappa shape index (κ3) is 4.39. The van der Waals surface area contributed by atoms with Gasteiger partial charge in [0.05, 0.1) is 34.0 Å². The Hall–Kier alpha value is -2.89. The molecule has 6 nitrogen and oxygen atoms in total. The molecule has 0 saturated carbocycles. The van der Waals surface area contributed by atoms with Crippen LogP contribution < -0.4 is 24.3 Å². The zero-order chi connectivity index (χ0) is 19.1. The fourth-order valence-corrected chi connectivity index (χ4v) is 2.59. The molecule has 0 unspecified atom stereocenters. The van der Waals surface area contributed by atoms with Gasteiger partial charge in [0.1, 0.15) is 5.75 Å². The van der Waals surface area contributed by atoms with Crippen molar-refractivity contribution in [2.24, 2.45) is 0 Å². The van der Waals surface area contributed by atoms with Gasteiger partial charge in [0.15, 0.2) is 11.5 Å². The Morgan fingerprint density at radius 3 is 2.04 bits per heavy atom. The van der Waals surface area contributed by atoms with Crippen molar-refractivity contribution in [3.8, 4) is 23.0 Å². The standard InChI is InChI=1S/C20H25NO5/c1-6-26-16-9-7-14(8-10-16)13(2)21-20(22)15-11-17(23-3)19(25-5)18(12-15)24-4/h7-13H,6H2,1-5H3,(H,21,22)/t13-/m1/s1. The summed E-state index contributed by atoms with van der Waals surface area (Å²) in [5.41, 5.74) is 1.41. The van der Waals surface area contributed by atoms with Crippen LogP contribution in [0.15, 0.2) is 36.4 Å². The van der Waals surface area contributed by atoms with Gasteiger partial charge in [-0.1, -0.05) is 12.1 Å². The number of benzene rings is 2. The Morgan fingerprint density at radius 1 is 1.00 bits per heavy atom. The Kier molecular flexibility index (Phi) is 6.72. The summed E-state index contributed by atoms with van der Waals surface area (Å²) in [6.45, 7) is 4.48. The van der Waals surface area contributed by atoms with E-state index in [2.05, 4.69) is 5.32 Å². The second-order valence-corrected chi connectivity index (χ2v) is 5.61. The predicted octanol–water partition coefficient (Wildman–Crippen LogP) is 3.60. The number of methoxy groups -OCH3 is 3. The van der Waals surface area contributed by atoms with Crippen LogP contribution >= 0.6 is 0 Å². The van der Waals surface area contributed by atoms with Gasteiger partial charge in [-0.15, -0.1) is 0 Å². The molecule has 0 bridgehead atoms. The molecule has 0 saturated heterocycles. The first kappa shape index (κ1) is 19.4. The normalized spacial score (nSPS) is 11.4. The fourth-order valence-electron chi connectivity index (χ4n) is 2.59. The van der Waals surface area contributed by atoms with Crippen molar-refractivity contribution in [2.75, 3.05) is 27.9 Å². The number of nitrogens with one attached hydrogen (secondary N) is 1. The van der Waals surface area contributed by atoms with Gasteiger partial charge in [-0.25, -0.2) is 0 Å². The van der Waals surface area contributed by atoms with Gasteiger partial charge < -0.3 is 24.3 Å². The SMILES string of the molecule is CCOc1ccc([C@@H](C)NC(=O)c2cc(OC)c(OC)c(OC)c2)cc1. The van der Waals surface area contributed by atoms with E-state index in [1.807, 2.05) is 38.1 Å². The molecule has 6 heteroatoms. The van der Waals surface area contributed by atoms with Crippen LogP contribution in [0.4, 0.5) is 0 Å². The molecule has 2 aromatic rings. The number of hydrogen-bond acceptors (Lipinski definition) is 5. The Labute approximate surface area is 154 Å². The van der Waals surface area contributed by atoms with Crippen molar-refractivity contribution in [3.63, 3.8) is 0 Å². The third-order valence-corrected chi connectivity index (χ3v) is 3.97. The number of hydrogen-bond donors (Lipinski definition) is 1. The van der Waals surface area contributed by atoms with Crippen molar-refractivity contribution >= 4 is 5.91 Å². The largest absolute Gasteiger partial charge is 0.494 e. The predicted molar refractivity (Wildman–Crippen MR) is 99.6 cm³/mol. The number of carbonyl (C=O) groups is 1. The summed E-state index contributed by atoms with van der Waals surface area (Å²) < 4.78 is 21.3. The van der Waals surface area contributed by atoms with Gasteiger partial charge in [-0.2, -0.15) is 0 Å². The van der Waals surface area contributed by atoms with E-state index in [-0.39, 0.29) is 11.9 Å². The molecule has 1 N–H and O–H groups in total. The van der Waals surface area contributed by atoms with Gasteiger partial charge in [-0.05, 0) is 43.7 Å². The van der Waals surface area contributed by atoms with Gasteiger partial charge in [-0.3, -0.25) is 4.79 Å². The molecule has 0 radical (unpaired) electrons. The summed E-state index contributed by atoms with van der Waals surface area (Å²) in [5.74, 6) is 1.90. The van der Waals surface area contributed by atoms with E-state index >= 15 is 0 Å². The maximum Gasteiger partial charge on any atom is 0.252 e. The number of carbonyl (C=O) groups excluding carboxylic acids is 1. The number of amides is 1. The van der Waals surface area contributed by atoms with E-state index in [9.17, 15) is 4.79 Å². The lowest BCUT2D eigenvalue weighted by molar-refractivity contribution is 0.0939. The Bertz CT molecular complexity index is 717. The van der Waals surface area contributed by atoms with E-state index in [4.69, 9.17) is 18.9 Å². The van der Waals surface area contributed by atoms with Crippen molar-refractivity contribution in [3.05, 3.63) is 47.5 Å². The van der Waals surface area contributed by atoms with Crippen LogP contribution in [0.1, 0.15) is 35.8 Å². The van der Waals surface area contributed by atoms with Crippen molar-refractivity contribution in [1.82, 2.24) is 5.32 Å². The highest BCUT2D eigenvalue weighted by Crippen LogP contribution is 2.38. The maximum absolute atomic E-state index is 12.6. The lowest BCUT2D eigenvalue weighted by Gasteiger charge is -2.17. The average Bonchev–Trinajstić information content (AvgIpc) is 2.67. The highest BCUT2D eigenvalue weighted by Gasteiger charge is 2.18. The third-order valence-electron chi connectivity index (χ3n) is 3.97. The maximum atomic E-state index is 12.6. The quantitative estimate of drug-likeness (QED) is 0.780. The lowest BCUT2D eigenvalue weighted by Crippen LogP contribution is -2.26. The van der Waals surface area contributed by atoms with Gasteiger partial charge in [0, 0.05) is 5.56 Å². The van der Waals surface area contributed by atoms with Gasteiger partial charge in [0.2, 0.25) is 5.75 Å². The molecule has 0 aliphatic heterocycles. The topological polar surface area (TPSA) is 66.0 Å². The molecule has 0 aromatic heterocycles. The van der Waals surface area contributed by atoms with E-state index in [0.717, 1.165) is 11.3 Å². The van der Waals surface area contributed by atoms with Crippen LogP contribution in [-0.4, -0.2) is 33.8 Å². The van der Waals surface area contributed by atoms with Crippen molar-refractivity contribution in [1.29, 1.82) is 0 Å². The summed E-state index contributed by atoms with van der Waals surface area (Å²) in [7, 11) is 4.55. The van der Waals surface area contributed by atoms with Crippen molar-refractivity contribution < 1.29 is 23.7 Å². The minimum absolute atomic E-state index is 0.169. The van der Waals surface area contributed by atoms with E-state index in [0.29, 0.717) is 29.4 Å². The van der Waals surface area contributed by atoms with Crippen LogP contribution in [0.5, 0.6) is 23.0 Å². The number of rotatable bonds is 8. The van der Waals surface area contributed by atoms with E-state index in [1.165, 1.54) is 21.3 Å². The first-order chi connectivity index (χ1) is 12.5. The molecule has 0 aliphatic carbocycles. The second kappa shape index (κ2) is 8.99. The average molecular weight is 359 g/mol. The Balaban J connectivity index is 2.18. The monoisotopic (exact) mass is 359 g/mol. The van der Waals surface area contributed by atoms with Gasteiger partial charge >= 0.3 is 0 Å². The molecule has 0 spiro atoms. The molecular weight excluding hydrogens is 334 g/mol. The molecule has 1 atom stereocenters. The molecule has 2 aromatic carbocycles. The molecule has 0 fully saturated rings. The summed E-state index contributed by atoms with van der Waals surface area (Å²) in [4.78, 5) is 12.6. The highest BCUT2D eigenvalue weighted by molar-refractivity contribution is 5.95. The summed E-state index contributed by atoms with van der Waals surface area (Å²) in [6, 6.07) is 10.7. The molecule has 0 heterocycles. The molecule has 0 aliphatic rings. The molecule has 2 rings (SSSR count). The zero-order valence-corrected chi connectivity index (χ0v) is 15.8. The van der Waals surface area contributed by atoms with Crippen LogP contribution in [0, 0.1) is 0 Å². The Morgan fingerprint density at radius 2 is 1.58 bits per heavy atom. The zero-order valence-electron chi connectivity index (χ0n) is 15.8. The van der Waals surface area contributed by atoms with Crippen molar-refractivity contribution in [2.45, 2.75) is 19.9 Å². The van der Waals surface area contributed by atoms with E-state index < -0.39 is 0 Å². The van der Waals surface area contributed by atoms with E-state index in [1.54, 1.807) is 12.1 Å². The summed E-state index contributed by atoms with van der Waals surface area (Å²) in [5, 5.41) is 2.97. The minimum atomic E-state index is -0.231. The van der Waals surface area contributed by atoms with Crippen LogP contribution in [0.25, 0.3) is 0 Å². The van der Waals surface area contributed by atoms with Crippen LogP contribution in [0.3, 0.4) is 0 Å². The smallest absolute Gasteiger partial charge is 0.252 e. The highest BCUT2D eigenvalue weighted by atomic mass is 16.5. The minimum Gasteiger partial charge on any atom is -0.494 e. The second-order valence-electron chi connectivity index (χ2n) is 5.61. The van der Waals surface area contributed by atoms with Crippen LogP contribution in [-0.2, 0) is 0 Å². The molecule has 140 valence electrons. The first-order valence-electron chi connectivity index (χ1n) is 8.37. The van der Waals surface area contributed by atoms with Gasteiger partial charge in [0.25, 0.3) is 5.91 Å². The molecule has 1 amide bonds. The fraction of sp³-hybridized carbons (Fsp3) is 0.350. The molecular formula is C20H25NO5. The first-order valence-corrected chi connectivity index (χ1v) is 8.37.